The first-order chi connectivity index (χ1) is 7.69. The Morgan fingerprint density at radius 3 is 2.81 bits per heavy atom. The van der Waals surface area contributed by atoms with Crippen LogP contribution in [0.4, 0.5) is 5.69 Å². The first-order valence-corrected chi connectivity index (χ1v) is 4.28. The smallest absolute Gasteiger partial charge is 0.270 e. The van der Waals surface area contributed by atoms with Gasteiger partial charge in [-0.1, -0.05) is 11.8 Å². The predicted octanol–water partition coefficient (Wildman–Crippen LogP) is 1.67. The van der Waals surface area contributed by atoms with E-state index in [2.05, 4.69) is 11.8 Å². The molecule has 0 amide bonds. The average Bonchev–Trinajstić information content (AvgIpc) is 2.29. The Morgan fingerprint density at radius 1 is 1.50 bits per heavy atom. The van der Waals surface area contributed by atoms with Gasteiger partial charge in [-0.15, -0.1) is 0 Å². The van der Waals surface area contributed by atoms with Crippen LogP contribution in [0.5, 0.6) is 0 Å². The minimum atomic E-state index is -0.584. The van der Waals surface area contributed by atoms with Crippen LogP contribution < -0.4 is 0 Å². The average molecular weight is 214 g/mol. The van der Waals surface area contributed by atoms with Crippen LogP contribution >= 0.6 is 0 Å². The lowest BCUT2D eigenvalue weighted by molar-refractivity contribution is -0.384. The molecule has 0 N–H and O–H groups in total. The fraction of sp³-hybridized carbons (Fsp3) is 0.0909. The summed E-state index contributed by atoms with van der Waals surface area (Å²) in [6.45, 7) is 0. The zero-order valence-corrected chi connectivity index (χ0v) is 8.14. The van der Waals surface area contributed by atoms with Crippen LogP contribution in [-0.2, 0) is 0 Å². The van der Waals surface area contributed by atoms with Crippen molar-refractivity contribution in [3.63, 3.8) is 0 Å². The number of nitrogens with zero attached hydrogens (tertiary/aromatic N) is 2. The largest absolute Gasteiger partial charge is 0.298 e. The fourth-order valence-electron chi connectivity index (χ4n) is 1.05. The van der Waals surface area contributed by atoms with Gasteiger partial charge in [0.25, 0.3) is 5.69 Å². The van der Waals surface area contributed by atoms with Gasteiger partial charge >= 0.3 is 0 Å². The summed E-state index contributed by atoms with van der Waals surface area (Å²) >= 11 is 0. The summed E-state index contributed by atoms with van der Waals surface area (Å²) in [4.78, 5) is 20.5. The first kappa shape index (κ1) is 11.4. The van der Waals surface area contributed by atoms with E-state index in [1.165, 1.54) is 12.1 Å². The predicted molar refractivity (Wildman–Crippen MR) is 55.6 cm³/mol. The van der Waals surface area contributed by atoms with Gasteiger partial charge in [0.05, 0.1) is 17.4 Å². The van der Waals surface area contributed by atoms with Crippen molar-refractivity contribution in [2.75, 3.05) is 0 Å². The van der Waals surface area contributed by atoms with Crippen molar-refractivity contribution in [3.05, 3.63) is 39.4 Å². The maximum atomic E-state index is 10.7. The number of nitriles is 1. The van der Waals surface area contributed by atoms with E-state index in [0.29, 0.717) is 11.8 Å². The number of benzene rings is 1. The summed E-state index contributed by atoms with van der Waals surface area (Å²) in [6.07, 6.45) is 0.554. The van der Waals surface area contributed by atoms with Crippen molar-refractivity contribution < 1.29 is 9.72 Å². The summed E-state index contributed by atoms with van der Waals surface area (Å²) in [6, 6.07) is 5.65. The Balaban J connectivity index is 3.14. The molecule has 0 fully saturated rings. The summed E-state index contributed by atoms with van der Waals surface area (Å²) in [5, 5.41) is 18.7. The van der Waals surface area contributed by atoms with Gasteiger partial charge in [0, 0.05) is 23.3 Å². The molecule has 0 aliphatic heterocycles. The van der Waals surface area contributed by atoms with Gasteiger partial charge in [-0.05, 0) is 6.07 Å². The Labute approximate surface area is 91.5 Å². The number of carbonyl (C=O) groups excluding carboxylic acids is 1. The van der Waals surface area contributed by atoms with E-state index in [9.17, 15) is 14.9 Å². The number of hydrogen-bond donors (Lipinski definition) is 0. The second-order valence-corrected chi connectivity index (χ2v) is 2.78. The molecule has 0 aromatic heterocycles. The SMILES string of the molecule is N#CCC#Cc1ccc([N+](=O)[O-])cc1C=O. The van der Waals surface area contributed by atoms with Gasteiger partial charge in [0.1, 0.15) is 0 Å². The number of hydrogen-bond acceptors (Lipinski definition) is 4. The number of aldehydes is 1. The Hall–Kier alpha value is -2.66. The van der Waals surface area contributed by atoms with E-state index >= 15 is 0 Å². The molecular weight excluding hydrogens is 208 g/mol. The molecule has 0 atom stereocenters. The topological polar surface area (TPSA) is 84.0 Å². The number of carbonyl (C=O) groups is 1. The maximum absolute atomic E-state index is 10.7. The molecular formula is C11H6N2O3. The van der Waals surface area contributed by atoms with Crippen LogP contribution in [-0.4, -0.2) is 11.2 Å². The van der Waals surface area contributed by atoms with E-state index in [4.69, 9.17) is 5.26 Å². The van der Waals surface area contributed by atoms with Crippen LogP contribution in [0.2, 0.25) is 0 Å². The fourth-order valence-corrected chi connectivity index (χ4v) is 1.05. The minimum Gasteiger partial charge on any atom is -0.298 e. The summed E-state index contributed by atoms with van der Waals surface area (Å²) in [7, 11) is 0. The molecule has 5 nitrogen and oxygen atoms in total. The van der Waals surface area contributed by atoms with Crippen molar-refractivity contribution in [3.8, 4) is 17.9 Å². The first-order valence-electron chi connectivity index (χ1n) is 4.28. The van der Waals surface area contributed by atoms with E-state index in [1.807, 2.05) is 6.07 Å². The highest BCUT2D eigenvalue weighted by Crippen LogP contribution is 2.15. The molecule has 0 heterocycles. The molecule has 5 heteroatoms. The van der Waals surface area contributed by atoms with Crippen molar-refractivity contribution in [2.24, 2.45) is 0 Å². The van der Waals surface area contributed by atoms with E-state index < -0.39 is 4.92 Å². The van der Waals surface area contributed by atoms with Crippen LogP contribution in [0.25, 0.3) is 0 Å². The highest BCUT2D eigenvalue weighted by molar-refractivity contribution is 5.80. The van der Waals surface area contributed by atoms with Crippen LogP contribution in [0.3, 0.4) is 0 Å². The third-order valence-corrected chi connectivity index (χ3v) is 1.76. The number of nitro groups is 1. The molecule has 16 heavy (non-hydrogen) atoms. The molecule has 1 rings (SSSR count). The van der Waals surface area contributed by atoms with Crippen molar-refractivity contribution in [1.29, 1.82) is 5.26 Å². The van der Waals surface area contributed by atoms with Crippen molar-refractivity contribution in [2.45, 2.75) is 6.42 Å². The zero-order chi connectivity index (χ0) is 12.0. The molecule has 78 valence electrons. The Bertz CT molecular complexity index is 532. The summed E-state index contributed by atoms with van der Waals surface area (Å²) in [5.41, 5.74) is 0.378. The standard InChI is InChI=1S/C11H6N2O3/c12-6-2-1-3-9-4-5-11(13(15)16)7-10(9)8-14/h4-5,7-8H,2H2. The van der Waals surface area contributed by atoms with E-state index in [0.717, 1.165) is 6.07 Å². The quantitative estimate of drug-likeness (QED) is 0.324. The molecule has 0 bridgehead atoms. The van der Waals surface area contributed by atoms with Gasteiger partial charge in [0.15, 0.2) is 6.29 Å². The molecule has 0 unspecified atom stereocenters. The summed E-state index contributed by atoms with van der Waals surface area (Å²) in [5.74, 6) is 5.14. The number of nitro benzene ring substituents is 1. The van der Waals surface area contributed by atoms with Gasteiger partial charge in [-0.25, -0.2) is 0 Å². The monoisotopic (exact) mass is 214 g/mol. The molecule has 0 aliphatic rings. The molecule has 1 aromatic carbocycles. The lowest BCUT2D eigenvalue weighted by atomic mass is 10.1. The number of rotatable bonds is 2. The highest BCUT2D eigenvalue weighted by atomic mass is 16.6. The van der Waals surface area contributed by atoms with Gasteiger partial charge in [-0.2, -0.15) is 5.26 Å². The second-order valence-electron chi connectivity index (χ2n) is 2.78. The molecule has 0 spiro atoms. The molecule has 0 saturated carbocycles. The van der Waals surface area contributed by atoms with Crippen LogP contribution in [0.1, 0.15) is 22.3 Å². The van der Waals surface area contributed by atoms with Crippen molar-refractivity contribution in [1.82, 2.24) is 0 Å². The lowest BCUT2D eigenvalue weighted by Crippen LogP contribution is -1.92. The molecule has 0 aliphatic carbocycles. The minimum absolute atomic E-state index is 0.0509. The Kier molecular flexibility index (Phi) is 3.77. The normalized spacial score (nSPS) is 8.44. The second kappa shape index (κ2) is 5.28. The van der Waals surface area contributed by atoms with Gasteiger partial charge in [0.2, 0.25) is 0 Å². The molecule has 0 saturated heterocycles. The third-order valence-electron chi connectivity index (χ3n) is 1.76. The number of non-ortho nitro benzene ring substituents is 1. The highest BCUT2D eigenvalue weighted by Gasteiger charge is 2.08. The zero-order valence-electron chi connectivity index (χ0n) is 8.14. The van der Waals surface area contributed by atoms with E-state index in [-0.39, 0.29) is 17.7 Å². The molecule has 0 radical (unpaired) electrons. The third kappa shape index (κ3) is 2.66. The van der Waals surface area contributed by atoms with Gasteiger partial charge in [-0.3, -0.25) is 14.9 Å². The van der Waals surface area contributed by atoms with Crippen LogP contribution in [0.15, 0.2) is 18.2 Å². The van der Waals surface area contributed by atoms with Gasteiger partial charge < -0.3 is 0 Å². The van der Waals surface area contributed by atoms with E-state index in [1.54, 1.807) is 0 Å². The van der Waals surface area contributed by atoms with Crippen molar-refractivity contribution >= 4 is 12.0 Å². The lowest BCUT2D eigenvalue weighted by Gasteiger charge is -1.96. The Morgan fingerprint density at radius 2 is 2.25 bits per heavy atom. The molecule has 1 aromatic rings. The van der Waals surface area contributed by atoms with Crippen LogP contribution in [0, 0.1) is 33.3 Å². The maximum Gasteiger partial charge on any atom is 0.270 e. The summed E-state index contributed by atoms with van der Waals surface area (Å²) < 4.78 is 0.